The van der Waals surface area contributed by atoms with Crippen molar-refractivity contribution in [3.05, 3.63) is 52.1 Å². The van der Waals surface area contributed by atoms with Crippen molar-refractivity contribution in [3.8, 4) is 11.6 Å². The lowest BCUT2D eigenvalue weighted by Gasteiger charge is -2.09. The molecule has 2 N–H and O–H groups in total. The number of carbonyl (C=O) groups is 1. The summed E-state index contributed by atoms with van der Waals surface area (Å²) in [7, 11) is 0. The van der Waals surface area contributed by atoms with Crippen LogP contribution in [0.3, 0.4) is 0 Å². The average molecular weight is 337 g/mol. The van der Waals surface area contributed by atoms with Crippen molar-refractivity contribution in [2.45, 2.75) is 13.5 Å². The van der Waals surface area contributed by atoms with E-state index < -0.39 is 6.09 Å². The van der Waals surface area contributed by atoms with Gasteiger partial charge in [-0.3, -0.25) is 0 Å². The summed E-state index contributed by atoms with van der Waals surface area (Å²) in [6.07, 6.45) is -1.07. The Morgan fingerprint density at radius 1 is 1.40 bits per heavy atom. The molecule has 0 radical (unpaired) electrons. The van der Waals surface area contributed by atoms with Crippen LogP contribution in [-0.2, 0) is 6.54 Å². The first-order valence-corrected chi connectivity index (χ1v) is 6.70. The van der Waals surface area contributed by atoms with Gasteiger partial charge in [0.25, 0.3) is 0 Å². The second-order valence-electron chi connectivity index (χ2n) is 4.13. The summed E-state index contributed by atoms with van der Waals surface area (Å²) in [6.45, 7) is 2.09. The van der Waals surface area contributed by atoms with Gasteiger partial charge in [-0.1, -0.05) is 22.0 Å². The molecule has 0 atom stereocenters. The standard InChI is InChI=1S/C14H13BrN2O3/c1-9-3-2-4-13(17-9)20-11-5-6-12(15)10(7-11)8-16-14(18)19/h2-7,16H,8H2,1H3,(H,18,19). The minimum absolute atomic E-state index is 0.203. The van der Waals surface area contributed by atoms with E-state index in [1.165, 1.54) is 0 Å². The number of carboxylic acid groups (broad SMARTS) is 1. The minimum atomic E-state index is -1.07. The molecule has 0 aliphatic heterocycles. The molecule has 1 aromatic heterocycles. The lowest BCUT2D eigenvalue weighted by Crippen LogP contribution is -2.20. The van der Waals surface area contributed by atoms with Gasteiger partial charge in [0.05, 0.1) is 0 Å². The van der Waals surface area contributed by atoms with Crippen LogP contribution in [0.4, 0.5) is 4.79 Å². The van der Waals surface area contributed by atoms with Gasteiger partial charge in [-0.25, -0.2) is 9.78 Å². The third kappa shape index (κ3) is 3.96. The highest BCUT2D eigenvalue weighted by Crippen LogP contribution is 2.25. The number of benzene rings is 1. The fraction of sp³-hybridized carbons (Fsp3) is 0.143. The fourth-order valence-corrected chi connectivity index (χ4v) is 2.00. The Bertz CT molecular complexity index is 632. The highest BCUT2D eigenvalue weighted by Gasteiger charge is 2.06. The first-order valence-electron chi connectivity index (χ1n) is 5.91. The molecule has 1 amide bonds. The number of aryl methyl sites for hydroxylation is 1. The molecular formula is C14H13BrN2O3. The second kappa shape index (κ2) is 6.38. The van der Waals surface area contributed by atoms with Crippen molar-refractivity contribution in [2.24, 2.45) is 0 Å². The van der Waals surface area contributed by atoms with Crippen LogP contribution < -0.4 is 10.1 Å². The van der Waals surface area contributed by atoms with Crippen molar-refractivity contribution in [1.82, 2.24) is 10.3 Å². The van der Waals surface area contributed by atoms with Crippen LogP contribution in [-0.4, -0.2) is 16.2 Å². The van der Waals surface area contributed by atoms with Crippen molar-refractivity contribution >= 4 is 22.0 Å². The molecular weight excluding hydrogens is 324 g/mol. The number of pyridine rings is 1. The number of aromatic nitrogens is 1. The maximum Gasteiger partial charge on any atom is 0.404 e. The van der Waals surface area contributed by atoms with Crippen LogP contribution >= 0.6 is 15.9 Å². The number of rotatable bonds is 4. The summed E-state index contributed by atoms with van der Waals surface area (Å²) in [4.78, 5) is 14.8. The van der Waals surface area contributed by atoms with E-state index in [-0.39, 0.29) is 6.54 Å². The Balaban J connectivity index is 2.16. The van der Waals surface area contributed by atoms with E-state index >= 15 is 0 Å². The number of nitrogens with zero attached hydrogens (tertiary/aromatic N) is 1. The van der Waals surface area contributed by atoms with Gasteiger partial charge in [-0.05, 0) is 36.8 Å². The fourth-order valence-electron chi connectivity index (χ4n) is 1.62. The number of hydrogen-bond acceptors (Lipinski definition) is 3. The number of hydrogen-bond donors (Lipinski definition) is 2. The molecule has 1 aromatic carbocycles. The molecule has 2 aromatic rings. The molecule has 0 aliphatic rings. The van der Waals surface area contributed by atoms with Crippen molar-refractivity contribution < 1.29 is 14.6 Å². The molecule has 0 aliphatic carbocycles. The smallest absolute Gasteiger partial charge is 0.404 e. The van der Waals surface area contributed by atoms with Gasteiger partial charge < -0.3 is 15.2 Å². The highest BCUT2D eigenvalue weighted by molar-refractivity contribution is 9.10. The van der Waals surface area contributed by atoms with Crippen molar-refractivity contribution in [2.75, 3.05) is 0 Å². The van der Waals surface area contributed by atoms with Crippen LogP contribution in [0.25, 0.3) is 0 Å². The summed E-state index contributed by atoms with van der Waals surface area (Å²) in [5.41, 5.74) is 1.66. The summed E-state index contributed by atoms with van der Waals surface area (Å²) < 4.78 is 6.47. The minimum Gasteiger partial charge on any atom is -0.465 e. The Morgan fingerprint density at radius 3 is 2.90 bits per heavy atom. The number of ether oxygens (including phenoxy) is 1. The van der Waals surface area contributed by atoms with Gasteiger partial charge in [0.2, 0.25) is 5.88 Å². The van der Waals surface area contributed by atoms with E-state index in [9.17, 15) is 4.79 Å². The first-order chi connectivity index (χ1) is 9.54. The van der Waals surface area contributed by atoms with Gasteiger partial charge in [-0.15, -0.1) is 0 Å². The maximum absolute atomic E-state index is 10.5. The highest BCUT2D eigenvalue weighted by atomic mass is 79.9. The molecule has 2 rings (SSSR count). The predicted molar refractivity (Wildman–Crippen MR) is 78.1 cm³/mol. The second-order valence-corrected chi connectivity index (χ2v) is 4.99. The molecule has 0 fully saturated rings. The van der Waals surface area contributed by atoms with Gasteiger partial charge >= 0.3 is 6.09 Å². The van der Waals surface area contributed by atoms with Crippen LogP contribution in [0.15, 0.2) is 40.9 Å². The van der Waals surface area contributed by atoms with Crippen LogP contribution in [0, 0.1) is 6.92 Å². The largest absolute Gasteiger partial charge is 0.465 e. The van der Waals surface area contributed by atoms with Crippen molar-refractivity contribution in [3.63, 3.8) is 0 Å². The molecule has 0 saturated carbocycles. The first kappa shape index (κ1) is 14.3. The third-order valence-corrected chi connectivity index (χ3v) is 3.31. The van der Waals surface area contributed by atoms with E-state index in [1.54, 1.807) is 18.2 Å². The Labute approximate surface area is 124 Å². The van der Waals surface area contributed by atoms with E-state index in [0.717, 1.165) is 15.7 Å². The zero-order chi connectivity index (χ0) is 14.5. The third-order valence-electron chi connectivity index (χ3n) is 2.53. The van der Waals surface area contributed by atoms with E-state index in [0.29, 0.717) is 11.6 Å². The van der Waals surface area contributed by atoms with Crippen LogP contribution in [0.2, 0.25) is 0 Å². The summed E-state index contributed by atoms with van der Waals surface area (Å²) in [6, 6.07) is 10.9. The average Bonchev–Trinajstić information content (AvgIpc) is 2.39. The summed E-state index contributed by atoms with van der Waals surface area (Å²) >= 11 is 3.37. The van der Waals surface area contributed by atoms with E-state index in [1.807, 2.05) is 25.1 Å². The lowest BCUT2D eigenvalue weighted by atomic mass is 10.2. The number of amides is 1. The molecule has 104 valence electrons. The molecule has 0 unspecified atom stereocenters. The zero-order valence-corrected chi connectivity index (χ0v) is 12.3. The zero-order valence-electron chi connectivity index (χ0n) is 10.8. The van der Waals surface area contributed by atoms with Crippen LogP contribution in [0.1, 0.15) is 11.3 Å². The Kier molecular flexibility index (Phi) is 4.57. The molecule has 5 nitrogen and oxygen atoms in total. The Hall–Kier alpha value is -2.08. The molecule has 1 heterocycles. The maximum atomic E-state index is 10.5. The summed E-state index contributed by atoms with van der Waals surface area (Å²) in [5, 5.41) is 11.0. The topological polar surface area (TPSA) is 71.5 Å². The molecule has 20 heavy (non-hydrogen) atoms. The van der Waals surface area contributed by atoms with Gasteiger partial charge in [-0.2, -0.15) is 0 Å². The quantitative estimate of drug-likeness (QED) is 0.892. The predicted octanol–water partition coefficient (Wildman–Crippen LogP) is 3.71. The summed E-state index contributed by atoms with van der Waals surface area (Å²) in [5.74, 6) is 1.11. The molecule has 0 bridgehead atoms. The molecule has 6 heteroatoms. The van der Waals surface area contributed by atoms with Crippen LogP contribution in [0.5, 0.6) is 11.6 Å². The molecule has 0 spiro atoms. The van der Waals surface area contributed by atoms with E-state index in [2.05, 4.69) is 26.2 Å². The van der Waals surface area contributed by atoms with Gasteiger partial charge in [0.15, 0.2) is 0 Å². The van der Waals surface area contributed by atoms with Crippen molar-refractivity contribution in [1.29, 1.82) is 0 Å². The van der Waals surface area contributed by atoms with Gasteiger partial charge in [0.1, 0.15) is 5.75 Å². The lowest BCUT2D eigenvalue weighted by molar-refractivity contribution is 0.194. The monoisotopic (exact) mass is 336 g/mol. The van der Waals surface area contributed by atoms with E-state index in [4.69, 9.17) is 9.84 Å². The normalized spacial score (nSPS) is 10.1. The SMILES string of the molecule is Cc1cccc(Oc2ccc(Br)c(CNC(=O)O)c2)n1. The van der Waals surface area contributed by atoms with Gasteiger partial charge in [0, 0.05) is 22.8 Å². The molecule has 0 saturated heterocycles. The number of halogens is 1. The number of nitrogens with one attached hydrogen (secondary N) is 1. The Morgan fingerprint density at radius 2 is 2.20 bits per heavy atom.